The maximum atomic E-state index is 13.5. The Bertz CT molecular complexity index is 463. The summed E-state index contributed by atoms with van der Waals surface area (Å²) < 4.78 is 13.5. The Morgan fingerprint density at radius 1 is 1.24 bits per heavy atom. The minimum Gasteiger partial charge on any atom is -0.309 e. The molecule has 1 N–H and O–H groups in total. The van der Waals surface area contributed by atoms with E-state index in [-0.39, 0.29) is 17.0 Å². The second-order valence-electron chi connectivity index (χ2n) is 5.20. The maximum absolute atomic E-state index is 13.5. The van der Waals surface area contributed by atoms with Crippen LogP contribution in [-0.4, -0.2) is 18.9 Å². The lowest BCUT2D eigenvalue weighted by Gasteiger charge is -2.29. The highest BCUT2D eigenvalue weighted by Gasteiger charge is 2.39. The van der Waals surface area contributed by atoms with E-state index in [9.17, 15) is 9.18 Å². The first-order valence-corrected chi connectivity index (χ1v) is 6.25. The number of Topliss-reactive ketones (excluding diaryl/α,β-unsaturated/α-hetero) is 1. The number of carbonyl (C=O) groups excluding carboxylic acids is 1. The van der Waals surface area contributed by atoms with Crippen molar-refractivity contribution in [2.24, 2.45) is 0 Å². The number of benzene rings is 1. The van der Waals surface area contributed by atoms with Crippen LogP contribution in [-0.2, 0) is 5.41 Å². The van der Waals surface area contributed by atoms with Gasteiger partial charge in [-0.05, 0) is 36.6 Å². The van der Waals surface area contributed by atoms with Crippen LogP contribution < -0.4 is 5.32 Å². The van der Waals surface area contributed by atoms with E-state index in [0.29, 0.717) is 6.54 Å². The zero-order valence-corrected chi connectivity index (χ0v) is 9.76. The van der Waals surface area contributed by atoms with Crippen molar-refractivity contribution >= 4 is 5.78 Å². The van der Waals surface area contributed by atoms with E-state index in [0.717, 1.165) is 30.5 Å². The SMILES string of the molecule is O=C1CNCC2(CCCC2)c2cc(F)ccc21. The molecule has 1 fully saturated rings. The number of hydrogen-bond acceptors (Lipinski definition) is 2. The topological polar surface area (TPSA) is 29.1 Å². The fraction of sp³-hybridized carbons (Fsp3) is 0.500. The fourth-order valence-electron chi connectivity index (χ4n) is 3.30. The summed E-state index contributed by atoms with van der Waals surface area (Å²) >= 11 is 0. The van der Waals surface area contributed by atoms with Crippen molar-refractivity contribution in [3.63, 3.8) is 0 Å². The molecule has 1 aliphatic heterocycles. The van der Waals surface area contributed by atoms with Gasteiger partial charge in [-0.3, -0.25) is 4.79 Å². The minimum atomic E-state index is -0.232. The van der Waals surface area contributed by atoms with E-state index in [1.807, 2.05) is 0 Å². The van der Waals surface area contributed by atoms with E-state index in [4.69, 9.17) is 0 Å². The molecule has 2 nitrogen and oxygen atoms in total. The van der Waals surface area contributed by atoms with Gasteiger partial charge in [-0.1, -0.05) is 12.8 Å². The molecule has 1 aromatic carbocycles. The molecule has 0 atom stereocenters. The monoisotopic (exact) mass is 233 g/mol. The molecule has 17 heavy (non-hydrogen) atoms. The number of ketones is 1. The van der Waals surface area contributed by atoms with E-state index in [1.54, 1.807) is 12.1 Å². The van der Waals surface area contributed by atoms with E-state index in [2.05, 4.69) is 5.32 Å². The second-order valence-corrected chi connectivity index (χ2v) is 5.20. The van der Waals surface area contributed by atoms with Crippen LogP contribution in [0.15, 0.2) is 18.2 Å². The van der Waals surface area contributed by atoms with Crippen molar-refractivity contribution in [3.8, 4) is 0 Å². The van der Waals surface area contributed by atoms with Crippen molar-refractivity contribution in [2.45, 2.75) is 31.1 Å². The van der Waals surface area contributed by atoms with Crippen LogP contribution in [0.2, 0.25) is 0 Å². The lowest BCUT2D eigenvalue weighted by molar-refractivity contribution is 0.0994. The number of halogens is 1. The highest BCUT2D eigenvalue weighted by atomic mass is 19.1. The molecule has 1 spiro atoms. The summed E-state index contributed by atoms with van der Waals surface area (Å²) in [6, 6.07) is 4.62. The number of nitrogens with one attached hydrogen (secondary N) is 1. The molecule has 1 aliphatic carbocycles. The molecule has 0 radical (unpaired) electrons. The molecule has 0 saturated heterocycles. The Hall–Kier alpha value is -1.22. The van der Waals surface area contributed by atoms with Crippen LogP contribution in [0.5, 0.6) is 0 Å². The van der Waals surface area contributed by atoms with Gasteiger partial charge in [0, 0.05) is 17.5 Å². The fourth-order valence-corrected chi connectivity index (χ4v) is 3.30. The van der Waals surface area contributed by atoms with Crippen LogP contribution >= 0.6 is 0 Å². The lowest BCUT2D eigenvalue weighted by atomic mass is 9.76. The molecule has 0 unspecified atom stereocenters. The van der Waals surface area contributed by atoms with Gasteiger partial charge < -0.3 is 5.32 Å². The van der Waals surface area contributed by atoms with Crippen LogP contribution in [0.3, 0.4) is 0 Å². The first-order chi connectivity index (χ1) is 8.21. The van der Waals surface area contributed by atoms with Gasteiger partial charge in [-0.15, -0.1) is 0 Å². The van der Waals surface area contributed by atoms with Gasteiger partial charge in [0.1, 0.15) is 5.82 Å². The number of carbonyl (C=O) groups is 1. The Balaban J connectivity index is 2.18. The predicted octanol–water partition coefficient (Wildman–Crippen LogP) is 2.42. The van der Waals surface area contributed by atoms with Crippen molar-refractivity contribution in [1.82, 2.24) is 5.32 Å². The van der Waals surface area contributed by atoms with Crippen LogP contribution in [0, 0.1) is 5.82 Å². The van der Waals surface area contributed by atoms with Gasteiger partial charge in [-0.2, -0.15) is 0 Å². The standard InChI is InChI=1S/C14H16FNO/c15-10-3-4-11-12(7-10)14(5-1-2-6-14)9-16-8-13(11)17/h3-4,7,16H,1-2,5-6,8-9H2. The molecule has 0 aromatic heterocycles. The summed E-state index contributed by atoms with van der Waals surface area (Å²) in [5.41, 5.74) is 1.65. The molecule has 90 valence electrons. The van der Waals surface area contributed by atoms with Gasteiger partial charge >= 0.3 is 0 Å². The van der Waals surface area contributed by atoms with Crippen LogP contribution in [0.4, 0.5) is 4.39 Å². The molecule has 1 aromatic rings. The zero-order valence-electron chi connectivity index (χ0n) is 9.76. The molecule has 3 rings (SSSR count). The third-order valence-electron chi connectivity index (χ3n) is 4.16. The maximum Gasteiger partial charge on any atom is 0.176 e. The van der Waals surface area contributed by atoms with Crippen molar-refractivity contribution in [2.75, 3.05) is 13.1 Å². The van der Waals surface area contributed by atoms with Crippen LogP contribution in [0.25, 0.3) is 0 Å². The molecule has 1 heterocycles. The predicted molar refractivity (Wildman–Crippen MR) is 63.7 cm³/mol. The molecule has 1 saturated carbocycles. The Morgan fingerprint density at radius 2 is 2.00 bits per heavy atom. The Labute approximate surface area is 100 Å². The molecular formula is C14H16FNO. The van der Waals surface area contributed by atoms with Gasteiger partial charge in [0.25, 0.3) is 0 Å². The average Bonchev–Trinajstić information content (AvgIpc) is 2.73. The largest absolute Gasteiger partial charge is 0.309 e. The number of rotatable bonds is 0. The van der Waals surface area contributed by atoms with E-state index in [1.165, 1.54) is 18.9 Å². The van der Waals surface area contributed by atoms with E-state index < -0.39 is 0 Å². The molecule has 0 amide bonds. The summed E-state index contributed by atoms with van der Waals surface area (Å²) in [6.45, 7) is 1.18. The first kappa shape index (κ1) is 10.9. The summed E-state index contributed by atoms with van der Waals surface area (Å²) in [4.78, 5) is 12.0. The summed E-state index contributed by atoms with van der Waals surface area (Å²) in [5.74, 6) is -0.145. The highest BCUT2D eigenvalue weighted by molar-refractivity contribution is 5.99. The minimum absolute atomic E-state index is 0.0103. The number of hydrogen-bond donors (Lipinski definition) is 1. The Kier molecular flexibility index (Phi) is 2.51. The quantitative estimate of drug-likeness (QED) is 0.745. The number of fused-ring (bicyclic) bond motifs is 2. The van der Waals surface area contributed by atoms with Gasteiger partial charge in [0.15, 0.2) is 5.78 Å². The summed E-state index contributed by atoms with van der Waals surface area (Å²) in [6.07, 6.45) is 4.46. The second kappa shape index (κ2) is 3.91. The first-order valence-electron chi connectivity index (χ1n) is 6.25. The lowest BCUT2D eigenvalue weighted by Crippen LogP contribution is -2.34. The third kappa shape index (κ3) is 1.69. The average molecular weight is 233 g/mol. The van der Waals surface area contributed by atoms with E-state index >= 15 is 0 Å². The highest BCUT2D eigenvalue weighted by Crippen LogP contribution is 2.43. The van der Waals surface area contributed by atoms with Gasteiger partial charge in [-0.25, -0.2) is 4.39 Å². The summed E-state index contributed by atoms with van der Waals surface area (Å²) in [5, 5.41) is 3.22. The van der Waals surface area contributed by atoms with Crippen molar-refractivity contribution in [3.05, 3.63) is 35.1 Å². The molecule has 2 aliphatic rings. The molecule has 0 bridgehead atoms. The molecular weight excluding hydrogens is 217 g/mol. The normalized spacial score (nSPS) is 22.5. The smallest absolute Gasteiger partial charge is 0.176 e. The zero-order chi connectivity index (χ0) is 11.9. The Morgan fingerprint density at radius 3 is 2.76 bits per heavy atom. The van der Waals surface area contributed by atoms with Gasteiger partial charge in [0.05, 0.1) is 6.54 Å². The van der Waals surface area contributed by atoms with Gasteiger partial charge in [0.2, 0.25) is 0 Å². The van der Waals surface area contributed by atoms with Crippen molar-refractivity contribution < 1.29 is 9.18 Å². The van der Waals surface area contributed by atoms with Crippen molar-refractivity contribution in [1.29, 1.82) is 0 Å². The third-order valence-corrected chi connectivity index (χ3v) is 4.16. The molecule has 3 heteroatoms. The summed E-state index contributed by atoms with van der Waals surface area (Å²) in [7, 11) is 0. The van der Waals surface area contributed by atoms with Crippen LogP contribution in [0.1, 0.15) is 41.6 Å².